The highest BCUT2D eigenvalue weighted by atomic mass is 32.1. The number of hydrogen-bond donors (Lipinski definition) is 0. The van der Waals surface area contributed by atoms with E-state index in [9.17, 15) is 4.79 Å². The summed E-state index contributed by atoms with van der Waals surface area (Å²) >= 11 is 1.56. The predicted octanol–water partition coefficient (Wildman–Crippen LogP) is 3.97. The van der Waals surface area contributed by atoms with E-state index in [4.69, 9.17) is 19.6 Å². The van der Waals surface area contributed by atoms with Crippen LogP contribution in [0, 0.1) is 0 Å². The van der Waals surface area contributed by atoms with Gasteiger partial charge in [0, 0.05) is 17.6 Å². The summed E-state index contributed by atoms with van der Waals surface area (Å²) in [7, 11) is 1.37. The number of ether oxygens (including phenoxy) is 2. The van der Waals surface area contributed by atoms with E-state index in [1.807, 2.05) is 35.0 Å². The zero-order valence-corrected chi connectivity index (χ0v) is 17.5. The zero-order valence-electron chi connectivity index (χ0n) is 16.7. The minimum atomic E-state index is -0.354. The fourth-order valence-corrected chi connectivity index (χ4v) is 4.09. The van der Waals surface area contributed by atoms with Gasteiger partial charge in [-0.2, -0.15) is 5.10 Å². The molecule has 1 aliphatic heterocycles. The number of carbonyl (C=O) groups excluding carboxylic acids is 1. The molecule has 0 amide bonds. The van der Waals surface area contributed by atoms with Crippen LogP contribution in [0.1, 0.15) is 28.8 Å². The fourth-order valence-electron chi connectivity index (χ4n) is 3.24. The Morgan fingerprint density at radius 3 is 2.73 bits per heavy atom. The first kappa shape index (κ1) is 20.3. The molecule has 6 nitrogen and oxygen atoms in total. The van der Waals surface area contributed by atoms with E-state index in [2.05, 4.69) is 17.5 Å². The number of hydrogen-bond acceptors (Lipinski definition) is 6. The molecule has 0 saturated carbocycles. The summed E-state index contributed by atoms with van der Waals surface area (Å²) in [4.78, 5) is 17.2. The molecule has 0 N–H and O–H groups in total. The molecule has 4 rings (SSSR count). The van der Waals surface area contributed by atoms with Crippen molar-refractivity contribution in [2.24, 2.45) is 10.1 Å². The van der Waals surface area contributed by atoms with Crippen LogP contribution in [-0.4, -0.2) is 43.2 Å². The molecule has 0 radical (unpaired) electrons. The molecule has 7 heteroatoms. The maximum atomic E-state index is 11.6. The van der Waals surface area contributed by atoms with Crippen molar-refractivity contribution in [2.45, 2.75) is 18.9 Å². The minimum Gasteiger partial charge on any atom is -0.465 e. The van der Waals surface area contributed by atoms with Crippen LogP contribution >= 0.6 is 11.3 Å². The van der Waals surface area contributed by atoms with Crippen molar-refractivity contribution < 1.29 is 14.3 Å². The third-order valence-corrected chi connectivity index (χ3v) is 5.72. The second-order valence-corrected chi connectivity index (χ2v) is 7.75. The lowest BCUT2D eigenvalue weighted by Crippen LogP contribution is -2.17. The molecular formula is C23H23N3O3S. The van der Waals surface area contributed by atoms with E-state index in [0.29, 0.717) is 12.1 Å². The van der Waals surface area contributed by atoms with Crippen molar-refractivity contribution in [2.75, 3.05) is 20.3 Å². The monoisotopic (exact) mass is 421 g/mol. The van der Waals surface area contributed by atoms with Crippen molar-refractivity contribution >= 4 is 23.5 Å². The summed E-state index contributed by atoms with van der Waals surface area (Å²) in [6, 6.07) is 17.3. The SMILES string of the molecule is COC(=O)c1ccc(/C=N\n2c(-c3ccccc3)csc2=NC[C@@H]2CCCO2)cc1. The highest BCUT2D eigenvalue weighted by molar-refractivity contribution is 7.07. The largest absolute Gasteiger partial charge is 0.465 e. The average molecular weight is 422 g/mol. The first-order valence-corrected chi connectivity index (χ1v) is 10.7. The van der Waals surface area contributed by atoms with Crippen molar-refractivity contribution in [1.82, 2.24) is 4.68 Å². The summed E-state index contributed by atoms with van der Waals surface area (Å²) in [5.74, 6) is -0.354. The van der Waals surface area contributed by atoms with Crippen molar-refractivity contribution in [3.8, 4) is 11.3 Å². The molecule has 2 heterocycles. The topological polar surface area (TPSA) is 65.2 Å². The normalized spacial score (nSPS) is 17.0. The van der Waals surface area contributed by atoms with Crippen LogP contribution in [0.4, 0.5) is 0 Å². The Hall–Kier alpha value is -3.03. The Morgan fingerprint density at radius 1 is 1.23 bits per heavy atom. The van der Waals surface area contributed by atoms with Crippen LogP contribution in [0.25, 0.3) is 11.3 Å². The molecule has 0 spiro atoms. The molecule has 1 fully saturated rings. The van der Waals surface area contributed by atoms with Gasteiger partial charge < -0.3 is 9.47 Å². The Morgan fingerprint density at radius 2 is 2.03 bits per heavy atom. The summed E-state index contributed by atoms with van der Waals surface area (Å²) in [5.41, 5.74) is 3.44. The number of methoxy groups -OCH3 is 1. The van der Waals surface area contributed by atoms with Gasteiger partial charge in [-0.3, -0.25) is 4.99 Å². The van der Waals surface area contributed by atoms with Crippen molar-refractivity contribution in [3.63, 3.8) is 0 Å². The van der Waals surface area contributed by atoms with E-state index in [1.54, 1.807) is 29.7 Å². The van der Waals surface area contributed by atoms with Crippen molar-refractivity contribution in [3.05, 3.63) is 75.9 Å². The number of aromatic nitrogens is 1. The number of thiazole rings is 1. The predicted molar refractivity (Wildman–Crippen MR) is 118 cm³/mol. The molecule has 1 aliphatic rings. The van der Waals surface area contributed by atoms with Gasteiger partial charge in [0.1, 0.15) is 0 Å². The first-order valence-electron chi connectivity index (χ1n) is 9.85. The molecular weight excluding hydrogens is 398 g/mol. The van der Waals surface area contributed by atoms with E-state index in [-0.39, 0.29) is 12.1 Å². The molecule has 2 aromatic carbocycles. The van der Waals surface area contributed by atoms with Gasteiger partial charge in [-0.25, -0.2) is 9.47 Å². The first-order chi connectivity index (χ1) is 14.7. The third kappa shape index (κ3) is 4.75. The van der Waals surface area contributed by atoms with E-state index in [0.717, 1.165) is 41.1 Å². The van der Waals surface area contributed by atoms with Gasteiger partial charge in [-0.1, -0.05) is 42.5 Å². The number of benzene rings is 2. The van der Waals surface area contributed by atoms with E-state index in [1.165, 1.54) is 7.11 Å². The smallest absolute Gasteiger partial charge is 0.337 e. The second-order valence-electron chi connectivity index (χ2n) is 6.92. The molecule has 154 valence electrons. The van der Waals surface area contributed by atoms with Crippen LogP contribution in [0.3, 0.4) is 0 Å². The van der Waals surface area contributed by atoms with Crippen LogP contribution in [0.15, 0.2) is 70.1 Å². The van der Waals surface area contributed by atoms with Gasteiger partial charge in [0.05, 0.1) is 37.2 Å². The Bertz CT molecular complexity index is 1080. The van der Waals surface area contributed by atoms with Crippen LogP contribution in [0.2, 0.25) is 0 Å². The lowest BCUT2D eigenvalue weighted by Gasteiger charge is -2.06. The summed E-state index contributed by atoms with van der Waals surface area (Å²) < 4.78 is 12.3. The molecule has 1 saturated heterocycles. The van der Waals surface area contributed by atoms with E-state index >= 15 is 0 Å². The number of rotatable bonds is 6. The highest BCUT2D eigenvalue weighted by Gasteiger charge is 2.15. The maximum Gasteiger partial charge on any atom is 0.337 e. The van der Waals surface area contributed by atoms with Gasteiger partial charge in [0.25, 0.3) is 0 Å². The fraction of sp³-hybridized carbons (Fsp3) is 0.261. The Labute approximate surface area is 179 Å². The van der Waals surface area contributed by atoms with Crippen LogP contribution in [-0.2, 0) is 9.47 Å². The molecule has 30 heavy (non-hydrogen) atoms. The van der Waals surface area contributed by atoms with Gasteiger partial charge >= 0.3 is 5.97 Å². The summed E-state index contributed by atoms with van der Waals surface area (Å²) in [6.07, 6.45) is 4.11. The molecule has 3 aromatic rings. The van der Waals surface area contributed by atoms with Gasteiger partial charge in [-0.05, 0) is 30.5 Å². The molecule has 0 bridgehead atoms. The lowest BCUT2D eigenvalue weighted by atomic mass is 10.1. The molecule has 0 aliphatic carbocycles. The summed E-state index contributed by atoms with van der Waals surface area (Å²) in [5, 5.41) is 6.77. The maximum absolute atomic E-state index is 11.6. The average Bonchev–Trinajstić information content (AvgIpc) is 3.46. The molecule has 1 aromatic heterocycles. The number of nitrogens with zero attached hydrogens (tertiary/aromatic N) is 3. The second kappa shape index (κ2) is 9.65. The lowest BCUT2D eigenvalue weighted by molar-refractivity contribution is 0.0600. The summed E-state index contributed by atoms with van der Waals surface area (Å²) in [6.45, 7) is 1.46. The zero-order chi connectivity index (χ0) is 20.8. The standard InChI is InChI=1S/C23H23N3O3S/c1-28-22(27)19-11-9-17(10-12-19)14-25-26-21(18-6-3-2-4-7-18)16-30-23(26)24-15-20-8-5-13-29-20/h2-4,6-7,9-12,14,16,20H,5,8,13,15H2,1H3/b24-23?,25-14-/t20-/m0/s1. The van der Waals surface area contributed by atoms with Crippen molar-refractivity contribution in [1.29, 1.82) is 0 Å². The highest BCUT2D eigenvalue weighted by Crippen LogP contribution is 2.20. The van der Waals surface area contributed by atoms with E-state index < -0.39 is 0 Å². The molecule has 0 unspecified atom stereocenters. The van der Waals surface area contributed by atoms with Gasteiger partial charge in [0.2, 0.25) is 4.80 Å². The van der Waals surface area contributed by atoms with Gasteiger partial charge in [-0.15, -0.1) is 11.3 Å². The number of esters is 1. The van der Waals surface area contributed by atoms with Crippen LogP contribution < -0.4 is 4.80 Å². The van der Waals surface area contributed by atoms with Crippen LogP contribution in [0.5, 0.6) is 0 Å². The molecule has 1 atom stereocenters. The third-order valence-electron chi connectivity index (χ3n) is 4.86. The number of carbonyl (C=O) groups is 1. The Kier molecular flexibility index (Phi) is 6.51. The minimum absolute atomic E-state index is 0.190. The van der Waals surface area contributed by atoms with Gasteiger partial charge in [0.15, 0.2) is 0 Å². The Balaban J connectivity index is 1.65. The quantitative estimate of drug-likeness (QED) is 0.447.